The molecule has 16 heavy (non-hydrogen) atoms. The highest BCUT2D eigenvalue weighted by Crippen LogP contribution is 2.15. The molecular formula is C12H15FO3. The lowest BCUT2D eigenvalue weighted by Crippen LogP contribution is -2.04. The van der Waals surface area contributed by atoms with Gasteiger partial charge in [-0.3, -0.25) is 0 Å². The van der Waals surface area contributed by atoms with E-state index in [1.807, 2.05) is 0 Å². The number of carbonyl (C=O) groups is 1. The van der Waals surface area contributed by atoms with E-state index in [1.54, 1.807) is 6.92 Å². The highest BCUT2D eigenvalue weighted by molar-refractivity contribution is 5.94. The largest absolute Gasteiger partial charge is 0.478 e. The standard InChI is InChI=1S/C12H15FO3/c1-3-10(7-5-4-6-8-14)11(9(2)13)12(15)16/h3,14H,4,6,8H2,1-2H3,(H,15,16)/b10-3-,11-9-. The number of carboxylic acids is 1. The Kier molecular flexibility index (Phi) is 6.89. The van der Waals surface area contributed by atoms with Crippen LogP contribution in [0.3, 0.4) is 0 Å². The van der Waals surface area contributed by atoms with Crippen molar-refractivity contribution in [2.45, 2.75) is 26.7 Å². The smallest absolute Gasteiger partial charge is 0.339 e. The molecule has 3 nitrogen and oxygen atoms in total. The van der Waals surface area contributed by atoms with Crippen LogP contribution < -0.4 is 0 Å². The van der Waals surface area contributed by atoms with Gasteiger partial charge in [0.1, 0.15) is 11.4 Å². The SMILES string of the molecule is C/C=C(C#CCCCO)\C(C(=O)O)=C(/C)F. The number of aliphatic carboxylic acids is 1. The lowest BCUT2D eigenvalue weighted by atomic mass is 10.1. The molecule has 0 aliphatic heterocycles. The first-order valence-electron chi connectivity index (χ1n) is 4.90. The number of hydrogen-bond acceptors (Lipinski definition) is 2. The van der Waals surface area contributed by atoms with Gasteiger partial charge in [-0.2, -0.15) is 0 Å². The molecule has 88 valence electrons. The molecule has 0 amide bonds. The summed E-state index contributed by atoms with van der Waals surface area (Å²) < 4.78 is 13.0. The minimum absolute atomic E-state index is 0.0314. The maximum absolute atomic E-state index is 13.0. The summed E-state index contributed by atoms with van der Waals surface area (Å²) in [4.78, 5) is 10.8. The summed E-state index contributed by atoms with van der Waals surface area (Å²) in [5.41, 5.74) is -0.246. The summed E-state index contributed by atoms with van der Waals surface area (Å²) in [6.07, 6.45) is 2.43. The number of carboxylic acid groups (broad SMARTS) is 1. The molecule has 2 N–H and O–H groups in total. The first kappa shape index (κ1) is 14.4. The molecule has 0 atom stereocenters. The molecule has 0 saturated heterocycles. The van der Waals surface area contributed by atoms with Crippen molar-refractivity contribution >= 4 is 5.97 Å². The van der Waals surface area contributed by atoms with Gasteiger partial charge in [0.15, 0.2) is 0 Å². The van der Waals surface area contributed by atoms with Crippen LogP contribution in [-0.2, 0) is 4.79 Å². The summed E-state index contributed by atoms with van der Waals surface area (Å²) in [7, 11) is 0. The molecule has 0 aromatic heterocycles. The van der Waals surface area contributed by atoms with Crippen molar-refractivity contribution in [1.29, 1.82) is 0 Å². The number of unbranched alkanes of at least 4 members (excludes halogenated alkanes) is 1. The zero-order chi connectivity index (χ0) is 12.6. The van der Waals surface area contributed by atoms with E-state index < -0.39 is 17.4 Å². The molecule has 4 heteroatoms. The van der Waals surface area contributed by atoms with Crippen molar-refractivity contribution in [1.82, 2.24) is 0 Å². The molecule has 0 spiro atoms. The summed E-state index contributed by atoms with van der Waals surface area (Å²) in [5.74, 6) is 3.18. The van der Waals surface area contributed by atoms with Crippen LogP contribution in [0.25, 0.3) is 0 Å². The molecule has 0 aliphatic carbocycles. The van der Waals surface area contributed by atoms with E-state index in [9.17, 15) is 9.18 Å². The Hall–Kier alpha value is -1.60. The van der Waals surface area contributed by atoms with E-state index >= 15 is 0 Å². The van der Waals surface area contributed by atoms with Crippen molar-refractivity contribution in [3.63, 3.8) is 0 Å². The third-order valence-corrected chi connectivity index (χ3v) is 1.80. The van der Waals surface area contributed by atoms with E-state index in [0.717, 1.165) is 6.92 Å². The van der Waals surface area contributed by atoms with Gasteiger partial charge >= 0.3 is 5.97 Å². The molecule has 0 aromatic carbocycles. The van der Waals surface area contributed by atoms with Gasteiger partial charge < -0.3 is 10.2 Å². The van der Waals surface area contributed by atoms with Crippen molar-refractivity contribution < 1.29 is 19.4 Å². The summed E-state index contributed by atoms with van der Waals surface area (Å²) in [6.45, 7) is 2.72. The van der Waals surface area contributed by atoms with Crippen LogP contribution in [0.2, 0.25) is 0 Å². The van der Waals surface area contributed by atoms with Crippen LogP contribution in [0.15, 0.2) is 23.0 Å². The first-order chi connectivity index (χ1) is 7.54. The number of rotatable bonds is 4. The molecule has 0 saturated carbocycles. The molecule has 0 unspecified atom stereocenters. The molecule has 0 bridgehead atoms. The zero-order valence-electron chi connectivity index (χ0n) is 9.38. The monoisotopic (exact) mass is 226 g/mol. The number of aliphatic hydroxyl groups is 1. The lowest BCUT2D eigenvalue weighted by molar-refractivity contribution is -0.132. The van der Waals surface area contributed by atoms with E-state index in [4.69, 9.17) is 10.2 Å². The third-order valence-electron chi connectivity index (χ3n) is 1.80. The maximum atomic E-state index is 13.0. The minimum Gasteiger partial charge on any atom is -0.478 e. The number of aliphatic hydroxyl groups excluding tert-OH is 1. The first-order valence-corrected chi connectivity index (χ1v) is 4.90. The maximum Gasteiger partial charge on any atom is 0.339 e. The lowest BCUT2D eigenvalue weighted by Gasteiger charge is -2.00. The van der Waals surface area contributed by atoms with Gasteiger partial charge in [0.25, 0.3) is 0 Å². The summed E-state index contributed by atoms with van der Waals surface area (Å²) in [6, 6.07) is 0. The summed E-state index contributed by atoms with van der Waals surface area (Å²) >= 11 is 0. The number of allylic oxidation sites excluding steroid dienone is 2. The van der Waals surface area contributed by atoms with Crippen LogP contribution >= 0.6 is 0 Å². The van der Waals surface area contributed by atoms with E-state index in [0.29, 0.717) is 12.8 Å². The normalized spacial score (nSPS) is 12.6. The van der Waals surface area contributed by atoms with Gasteiger partial charge in [0, 0.05) is 18.6 Å². The second-order valence-electron chi connectivity index (χ2n) is 3.04. The summed E-state index contributed by atoms with van der Waals surface area (Å²) in [5, 5.41) is 17.3. The quantitative estimate of drug-likeness (QED) is 0.334. The van der Waals surface area contributed by atoms with Crippen LogP contribution in [-0.4, -0.2) is 22.8 Å². The average molecular weight is 226 g/mol. The Bertz CT molecular complexity index is 365. The fourth-order valence-electron chi connectivity index (χ4n) is 1.05. The van der Waals surface area contributed by atoms with Crippen molar-refractivity contribution in [2.24, 2.45) is 0 Å². The number of hydrogen-bond donors (Lipinski definition) is 2. The van der Waals surface area contributed by atoms with Gasteiger partial charge in [-0.25, -0.2) is 9.18 Å². The zero-order valence-corrected chi connectivity index (χ0v) is 9.38. The van der Waals surface area contributed by atoms with Crippen LogP contribution in [0.5, 0.6) is 0 Å². The topological polar surface area (TPSA) is 57.5 Å². The van der Waals surface area contributed by atoms with E-state index in [1.165, 1.54) is 6.08 Å². The van der Waals surface area contributed by atoms with Gasteiger partial charge in [-0.1, -0.05) is 17.9 Å². The minimum atomic E-state index is -1.33. The van der Waals surface area contributed by atoms with Gasteiger partial charge in [0.2, 0.25) is 0 Å². The predicted molar refractivity (Wildman–Crippen MR) is 59.3 cm³/mol. The Morgan fingerprint density at radius 3 is 2.50 bits per heavy atom. The Morgan fingerprint density at radius 2 is 2.12 bits per heavy atom. The van der Waals surface area contributed by atoms with Crippen LogP contribution in [0, 0.1) is 11.8 Å². The van der Waals surface area contributed by atoms with Crippen LogP contribution in [0.1, 0.15) is 26.7 Å². The molecule has 0 aliphatic rings. The van der Waals surface area contributed by atoms with E-state index in [-0.39, 0.29) is 12.2 Å². The fraction of sp³-hybridized carbons (Fsp3) is 0.417. The molecule has 0 radical (unpaired) electrons. The Balaban J connectivity index is 4.92. The molecule has 0 rings (SSSR count). The van der Waals surface area contributed by atoms with Gasteiger partial charge in [-0.05, 0) is 20.3 Å². The predicted octanol–water partition coefficient (Wildman–Crippen LogP) is 2.04. The van der Waals surface area contributed by atoms with Crippen molar-refractivity contribution in [2.75, 3.05) is 6.61 Å². The molecule has 0 fully saturated rings. The Morgan fingerprint density at radius 1 is 1.50 bits per heavy atom. The second-order valence-corrected chi connectivity index (χ2v) is 3.04. The van der Waals surface area contributed by atoms with Gasteiger partial charge in [-0.15, -0.1) is 0 Å². The average Bonchev–Trinajstić information content (AvgIpc) is 2.21. The van der Waals surface area contributed by atoms with Gasteiger partial charge in [0.05, 0.1) is 0 Å². The highest BCUT2D eigenvalue weighted by Gasteiger charge is 2.14. The number of halogens is 1. The third kappa shape index (κ3) is 4.76. The second kappa shape index (κ2) is 7.66. The highest BCUT2D eigenvalue weighted by atomic mass is 19.1. The molecule has 0 heterocycles. The van der Waals surface area contributed by atoms with Crippen molar-refractivity contribution in [3.05, 3.63) is 23.0 Å². The molecule has 0 aromatic rings. The Labute approximate surface area is 94.3 Å². The van der Waals surface area contributed by atoms with E-state index in [2.05, 4.69) is 11.8 Å². The fourth-order valence-corrected chi connectivity index (χ4v) is 1.05. The van der Waals surface area contributed by atoms with Crippen LogP contribution in [0.4, 0.5) is 4.39 Å². The molecular weight excluding hydrogens is 211 g/mol. The van der Waals surface area contributed by atoms with Crippen molar-refractivity contribution in [3.8, 4) is 11.8 Å².